The number of rotatable bonds is 9. The molecule has 10 nitrogen and oxygen atoms in total. The van der Waals surface area contributed by atoms with Gasteiger partial charge in [0.05, 0.1) is 28.4 Å². The van der Waals surface area contributed by atoms with Crippen molar-refractivity contribution in [1.29, 1.82) is 0 Å². The van der Waals surface area contributed by atoms with Gasteiger partial charge in [0.15, 0.2) is 5.92 Å². The maximum absolute atomic E-state index is 11.3. The standard InChI is InChI=1S/C11H17NO4.C9H14O5/c1-8(7-12(2)3)6-9(10(13)15-4)11(14)16-5;1-6(5-10)4-7(8(11)13-2)9(12)14-3/h6-7H,1-5H3;5-7H,4H2,1-3H3/b8-7+;. The van der Waals surface area contributed by atoms with Crippen molar-refractivity contribution in [3.05, 3.63) is 23.4 Å². The molecule has 1 unspecified atom stereocenters. The van der Waals surface area contributed by atoms with Crippen molar-refractivity contribution >= 4 is 30.2 Å². The van der Waals surface area contributed by atoms with Crippen molar-refractivity contribution in [2.75, 3.05) is 42.5 Å². The number of carbonyl (C=O) groups is 5. The smallest absolute Gasteiger partial charge is 0.345 e. The molecule has 0 N–H and O–H groups in total. The lowest BCUT2D eigenvalue weighted by atomic mass is 9.97. The number of nitrogens with zero attached hydrogens (tertiary/aromatic N) is 1. The number of carbonyl (C=O) groups excluding carboxylic acids is 5. The van der Waals surface area contributed by atoms with Crippen LogP contribution in [-0.2, 0) is 42.9 Å². The third kappa shape index (κ3) is 11.6. The molecule has 170 valence electrons. The van der Waals surface area contributed by atoms with E-state index in [4.69, 9.17) is 0 Å². The van der Waals surface area contributed by atoms with Crippen molar-refractivity contribution in [2.24, 2.45) is 11.8 Å². The van der Waals surface area contributed by atoms with Crippen LogP contribution in [0.2, 0.25) is 0 Å². The van der Waals surface area contributed by atoms with Crippen LogP contribution in [0.3, 0.4) is 0 Å². The number of hydrogen-bond acceptors (Lipinski definition) is 10. The molecule has 1 atom stereocenters. The van der Waals surface area contributed by atoms with Crippen LogP contribution in [0.15, 0.2) is 23.4 Å². The van der Waals surface area contributed by atoms with Gasteiger partial charge in [0.25, 0.3) is 0 Å². The van der Waals surface area contributed by atoms with Crippen LogP contribution in [0.4, 0.5) is 0 Å². The fourth-order valence-corrected chi connectivity index (χ4v) is 2.09. The van der Waals surface area contributed by atoms with Gasteiger partial charge in [-0.05, 0) is 25.0 Å². The molecule has 0 fully saturated rings. The third-order valence-electron chi connectivity index (χ3n) is 3.46. The predicted octanol–water partition coefficient (Wildman–Crippen LogP) is 0.898. The van der Waals surface area contributed by atoms with E-state index in [0.29, 0.717) is 6.29 Å². The summed E-state index contributed by atoms with van der Waals surface area (Å²) >= 11 is 0. The molecule has 0 saturated heterocycles. The maximum atomic E-state index is 11.3. The second kappa shape index (κ2) is 15.7. The number of ether oxygens (including phenoxy) is 4. The highest BCUT2D eigenvalue weighted by Gasteiger charge is 2.30. The first-order valence-corrected chi connectivity index (χ1v) is 8.82. The Morgan fingerprint density at radius 1 is 0.867 bits per heavy atom. The van der Waals surface area contributed by atoms with Gasteiger partial charge in [0.1, 0.15) is 11.9 Å². The fourth-order valence-electron chi connectivity index (χ4n) is 2.09. The molecular weight excluding hydrogens is 398 g/mol. The zero-order chi connectivity index (χ0) is 23.9. The van der Waals surface area contributed by atoms with Crippen LogP contribution in [0, 0.1) is 11.8 Å². The summed E-state index contributed by atoms with van der Waals surface area (Å²) < 4.78 is 17.8. The highest BCUT2D eigenvalue weighted by Crippen LogP contribution is 2.13. The Hall–Kier alpha value is -3.17. The topological polar surface area (TPSA) is 126 Å². The Labute approximate surface area is 176 Å². The van der Waals surface area contributed by atoms with Crippen LogP contribution in [0.25, 0.3) is 0 Å². The summed E-state index contributed by atoms with van der Waals surface area (Å²) in [4.78, 5) is 57.0. The van der Waals surface area contributed by atoms with Crippen LogP contribution in [0.5, 0.6) is 0 Å². The molecule has 0 aliphatic heterocycles. The largest absolute Gasteiger partial charge is 0.468 e. The lowest BCUT2D eigenvalue weighted by Crippen LogP contribution is -2.28. The van der Waals surface area contributed by atoms with Gasteiger partial charge in [0.2, 0.25) is 0 Å². The summed E-state index contributed by atoms with van der Waals surface area (Å²) in [5.74, 6) is -4.16. The van der Waals surface area contributed by atoms with Crippen molar-refractivity contribution in [3.8, 4) is 0 Å². The summed E-state index contributed by atoms with van der Waals surface area (Å²) in [5.41, 5.74) is 0.622. The van der Waals surface area contributed by atoms with E-state index in [1.165, 1.54) is 34.5 Å². The van der Waals surface area contributed by atoms with E-state index in [1.54, 1.807) is 24.9 Å². The van der Waals surface area contributed by atoms with Crippen molar-refractivity contribution in [3.63, 3.8) is 0 Å². The Morgan fingerprint density at radius 3 is 1.60 bits per heavy atom. The van der Waals surface area contributed by atoms with Gasteiger partial charge in [-0.2, -0.15) is 0 Å². The lowest BCUT2D eigenvalue weighted by molar-refractivity contribution is -0.159. The Kier molecular flexibility index (Phi) is 15.2. The van der Waals surface area contributed by atoms with Crippen molar-refractivity contribution in [2.45, 2.75) is 20.3 Å². The van der Waals surface area contributed by atoms with Crippen LogP contribution < -0.4 is 0 Å². The molecule has 0 radical (unpaired) electrons. The molecule has 10 heteroatoms. The van der Waals surface area contributed by atoms with E-state index < -0.39 is 29.8 Å². The number of aldehydes is 1. The first-order chi connectivity index (χ1) is 14.0. The number of allylic oxidation sites excluding steroid dienone is 2. The minimum absolute atomic E-state index is 0.114. The predicted molar refractivity (Wildman–Crippen MR) is 107 cm³/mol. The first kappa shape index (κ1) is 29.0. The summed E-state index contributed by atoms with van der Waals surface area (Å²) in [6.45, 7) is 3.39. The van der Waals surface area contributed by atoms with Crippen molar-refractivity contribution in [1.82, 2.24) is 4.90 Å². The Morgan fingerprint density at radius 2 is 1.30 bits per heavy atom. The van der Waals surface area contributed by atoms with E-state index in [-0.39, 0.29) is 17.9 Å². The third-order valence-corrected chi connectivity index (χ3v) is 3.46. The maximum Gasteiger partial charge on any atom is 0.345 e. The summed E-state index contributed by atoms with van der Waals surface area (Å²) in [7, 11) is 8.47. The molecule has 30 heavy (non-hydrogen) atoms. The molecule has 0 rings (SSSR count). The van der Waals surface area contributed by atoms with E-state index in [0.717, 1.165) is 5.57 Å². The summed E-state index contributed by atoms with van der Waals surface area (Å²) in [5, 5.41) is 0. The number of hydrogen-bond donors (Lipinski definition) is 0. The SMILES string of the molecule is COC(=O)C(=C/C(C)=C/N(C)C)C(=O)OC.COC(=O)C(CC(C)C=O)C(=O)OC. The monoisotopic (exact) mass is 429 g/mol. The van der Waals surface area contributed by atoms with Crippen LogP contribution in [0.1, 0.15) is 20.3 Å². The molecule has 0 aromatic carbocycles. The Balaban J connectivity index is 0. The molecule has 0 saturated carbocycles. The van der Waals surface area contributed by atoms with Gasteiger partial charge < -0.3 is 28.6 Å². The van der Waals surface area contributed by atoms with Gasteiger partial charge in [-0.15, -0.1) is 0 Å². The fraction of sp³-hybridized carbons (Fsp3) is 0.550. The quantitative estimate of drug-likeness (QED) is 0.0992. The van der Waals surface area contributed by atoms with E-state index in [9.17, 15) is 24.0 Å². The lowest BCUT2D eigenvalue weighted by Gasteiger charge is -2.13. The van der Waals surface area contributed by atoms with E-state index in [2.05, 4.69) is 18.9 Å². The average Bonchev–Trinajstić information content (AvgIpc) is 2.73. The van der Waals surface area contributed by atoms with E-state index >= 15 is 0 Å². The normalized spacial score (nSPS) is 11.2. The van der Waals surface area contributed by atoms with E-state index in [1.807, 2.05) is 14.1 Å². The number of methoxy groups -OCH3 is 4. The summed E-state index contributed by atoms with van der Waals surface area (Å²) in [6, 6.07) is 0. The van der Waals surface area contributed by atoms with Crippen molar-refractivity contribution < 1.29 is 42.9 Å². The van der Waals surface area contributed by atoms with Crippen LogP contribution >= 0.6 is 0 Å². The minimum Gasteiger partial charge on any atom is -0.468 e. The molecule has 0 aliphatic carbocycles. The highest BCUT2D eigenvalue weighted by molar-refractivity contribution is 6.14. The highest BCUT2D eigenvalue weighted by atomic mass is 16.5. The first-order valence-electron chi connectivity index (χ1n) is 8.82. The van der Waals surface area contributed by atoms with Gasteiger partial charge in [-0.1, -0.05) is 6.92 Å². The van der Waals surface area contributed by atoms with Gasteiger partial charge in [0, 0.05) is 26.2 Å². The van der Waals surface area contributed by atoms with Gasteiger partial charge >= 0.3 is 23.9 Å². The molecule has 0 bridgehead atoms. The number of esters is 4. The van der Waals surface area contributed by atoms with Gasteiger partial charge in [-0.25, -0.2) is 9.59 Å². The molecule has 0 aromatic rings. The van der Waals surface area contributed by atoms with Crippen LogP contribution in [-0.4, -0.2) is 77.6 Å². The summed E-state index contributed by atoms with van der Waals surface area (Å²) in [6.07, 6.45) is 3.99. The molecule has 0 aliphatic rings. The second-order valence-corrected chi connectivity index (χ2v) is 6.33. The average molecular weight is 429 g/mol. The second-order valence-electron chi connectivity index (χ2n) is 6.33. The molecule has 0 heterocycles. The zero-order valence-corrected chi connectivity index (χ0v) is 18.7. The molecule has 0 spiro atoms. The zero-order valence-electron chi connectivity index (χ0n) is 18.7. The molecule has 0 amide bonds. The molecular formula is C20H31NO9. The minimum atomic E-state index is -1.01. The Bertz CT molecular complexity index is 631. The van der Waals surface area contributed by atoms with Gasteiger partial charge in [-0.3, -0.25) is 9.59 Å². The molecule has 0 aromatic heterocycles.